The van der Waals surface area contributed by atoms with E-state index in [1.807, 2.05) is 6.92 Å². The van der Waals surface area contributed by atoms with Crippen molar-refractivity contribution in [1.29, 1.82) is 0 Å². The lowest BCUT2D eigenvalue weighted by atomic mass is 10.0. The van der Waals surface area contributed by atoms with E-state index in [2.05, 4.69) is 9.97 Å². The van der Waals surface area contributed by atoms with Gasteiger partial charge in [-0.2, -0.15) is 0 Å². The van der Waals surface area contributed by atoms with Crippen LogP contribution in [0, 0.1) is 5.92 Å². The highest BCUT2D eigenvalue weighted by molar-refractivity contribution is 5.77. The molecule has 0 saturated carbocycles. The van der Waals surface area contributed by atoms with Crippen molar-refractivity contribution in [2.24, 2.45) is 5.92 Å². The van der Waals surface area contributed by atoms with Gasteiger partial charge in [0, 0.05) is 44.2 Å². The van der Waals surface area contributed by atoms with E-state index in [-0.39, 0.29) is 18.4 Å². The molecule has 0 spiro atoms. The van der Waals surface area contributed by atoms with Crippen molar-refractivity contribution in [3.8, 4) is 0 Å². The van der Waals surface area contributed by atoms with Gasteiger partial charge in [0.05, 0.1) is 11.8 Å². The fourth-order valence-corrected chi connectivity index (χ4v) is 2.24. The van der Waals surface area contributed by atoms with Crippen molar-refractivity contribution in [1.82, 2.24) is 14.9 Å². The first-order valence-electron chi connectivity index (χ1n) is 6.49. The first-order chi connectivity index (χ1) is 9.20. The van der Waals surface area contributed by atoms with Crippen LogP contribution in [-0.2, 0) is 16.0 Å². The van der Waals surface area contributed by atoms with E-state index >= 15 is 0 Å². The minimum atomic E-state index is -0.507. The molecular formula is C13H19N3O3. The number of aliphatic hydroxyl groups is 1. The highest BCUT2D eigenvalue weighted by atomic mass is 16.5. The van der Waals surface area contributed by atoms with Crippen LogP contribution in [-0.4, -0.2) is 58.3 Å². The monoisotopic (exact) mass is 265 g/mol. The Morgan fingerprint density at radius 3 is 3.05 bits per heavy atom. The molecule has 1 aliphatic heterocycles. The number of β-amino-alcohol motifs (C(OH)–C–C–N with tert-alkyl or cyclic N) is 1. The molecule has 104 valence electrons. The molecule has 1 amide bonds. The van der Waals surface area contributed by atoms with Crippen molar-refractivity contribution in [3.63, 3.8) is 0 Å². The Balaban J connectivity index is 1.89. The van der Waals surface area contributed by atoms with Gasteiger partial charge in [-0.1, -0.05) is 0 Å². The number of hydrogen-bond acceptors (Lipinski definition) is 5. The molecule has 1 fully saturated rings. The van der Waals surface area contributed by atoms with Crippen LogP contribution >= 0.6 is 0 Å². The van der Waals surface area contributed by atoms with E-state index in [0.717, 1.165) is 5.69 Å². The average Bonchev–Trinajstić information content (AvgIpc) is 2.79. The molecule has 1 aromatic heterocycles. The van der Waals surface area contributed by atoms with Gasteiger partial charge in [-0.25, -0.2) is 0 Å². The zero-order valence-corrected chi connectivity index (χ0v) is 11.0. The zero-order chi connectivity index (χ0) is 13.7. The standard InChI is InChI=1S/C13H19N3O3/c1-2-19-9-13(18)16-7-10(12(17)8-16)5-11-6-14-3-4-15-11/h3-4,6,10,12,17H,2,5,7-9H2,1H3/t10-,12-/m1/s1. The number of aliphatic hydroxyl groups excluding tert-OH is 1. The van der Waals surface area contributed by atoms with Crippen molar-refractivity contribution >= 4 is 5.91 Å². The Morgan fingerprint density at radius 2 is 2.37 bits per heavy atom. The molecule has 1 saturated heterocycles. The lowest BCUT2D eigenvalue weighted by molar-refractivity contribution is -0.135. The molecule has 1 N–H and O–H groups in total. The van der Waals surface area contributed by atoms with Crippen molar-refractivity contribution in [2.75, 3.05) is 26.3 Å². The summed E-state index contributed by atoms with van der Waals surface area (Å²) in [4.78, 5) is 21.7. The van der Waals surface area contributed by atoms with E-state index in [0.29, 0.717) is 26.1 Å². The number of ether oxygens (including phenoxy) is 1. The largest absolute Gasteiger partial charge is 0.391 e. The maximum absolute atomic E-state index is 11.8. The highest BCUT2D eigenvalue weighted by Gasteiger charge is 2.34. The van der Waals surface area contributed by atoms with Crippen LogP contribution in [0.3, 0.4) is 0 Å². The Hall–Kier alpha value is -1.53. The smallest absolute Gasteiger partial charge is 0.248 e. The Labute approximate surface area is 112 Å². The fourth-order valence-electron chi connectivity index (χ4n) is 2.24. The number of nitrogens with zero attached hydrogens (tertiary/aromatic N) is 3. The third-order valence-corrected chi connectivity index (χ3v) is 3.28. The summed E-state index contributed by atoms with van der Waals surface area (Å²) in [6, 6.07) is 0. The van der Waals surface area contributed by atoms with Crippen LogP contribution in [0.4, 0.5) is 0 Å². The van der Waals surface area contributed by atoms with Crippen LogP contribution in [0.5, 0.6) is 0 Å². The maximum atomic E-state index is 11.8. The van der Waals surface area contributed by atoms with Crippen molar-refractivity contribution < 1.29 is 14.6 Å². The number of rotatable bonds is 5. The van der Waals surface area contributed by atoms with Gasteiger partial charge in [-0.15, -0.1) is 0 Å². The molecule has 6 heteroatoms. The molecule has 1 aliphatic rings. The first-order valence-corrected chi connectivity index (χ1v) is 6.49. The molecule has 0 radical (unpaired) electrons. The Bertz CT molecular complexity index is 413. The second-order valence-corrected chi connectivity index (χ2v) is 4.66. The van der Waals surface area contributed by atoms with Gasteiger partial charge in [-0.3, -0.25) is 14.8 Å². The van der Waals surface area contributed by atoms with Gasteiger partial charge in [-0.05, 0) is 13.3 Å². The Morgan fingerprint density at radius 1 is 1.53 bits per heavy atom. The highest BCUT2D eigenvalue weighted by Crippen LogP contribution is 2.20. The number of amides is 1. The first kappa shape index (κ1) is 13.9. The van der Waals surface area contributed by atoms with Crippen LogP contribution in [0.1, 0.15) is 12.6 Å². The Kier molecular flexibility index (Phi) is 4.81. The minimum Gasteiger partial charge on any atom is -0.391 e. The summed E-state index contributed by atoms with van der Waals surface area (Å²) >= 11 is 0. The molecule has 2 rings (SSSR count). The number of aromatic nitrogens is 2. The molecule has 19 heavy (non-hydrogen) atoms. The predicted molar refractivity (Wildman–Crippen MR) is 68.3 cm³/mol. The summed E-state index contributed by atoms with van der Waals surface area (Å²) in [5.74, 6) is -0.0511. The van der Waals surface area contributed by atoms with Gasteiger partial charge in [0.15, 0.2) is 0 Å². The van der Waals surface area contributed by atoms with E-state index in [9.17, 15) is 9.90 Å². The molecule has 1 aromatic rings. The average molecular weight is 265 g/mol. The molecule has 2 heterocycles. The molecule has 0 bridgehead atoms. The lowest BCUT2D eigenvalue weighted by Crippen LogP contribution is -2.32. The predicted octanol–water partition coefficient (Wildman–Crippen LogP) is -0.125. The second kappa shape index (κ2) is 6.58. The topological polar surface area (TPSA) is 75.5 Å². The summed E-state index contributed by atoms with van der Waals surface area (Å²) in [5, 5.41) is 10.0. The number of hydrogen-bond donors (Lipinski definition) is 1. The normalized spacial score (nSPS) is 22.7. The number of carbonyl (C=O) groups is 1. The maximum Gasteiger partial charge on any atom is 0.248 e. The summed E-state index contributed by atoms with van der Waals surface area (Å²) in [5.41, 5.74) is 0.839. The van der Waals surface area contributed by atoms with Crippen molar-refractivity contribution in [2.45, 2.75) is 19.4 Å². The van der Waals surface area contributed by atoms with E-state index in [1.165, 1.54) is 0 Å². The van der Waals surface area contributed by atoms with Crippen LogP contribution in [0.2, 0.25) is 0 Å². The van der Waals surface area contributed by atoms with Gasteiger partial charge >= 0.3 is 0 Å². The fraction of sp³-hybridized carbons (Fsp3) is 0.615. The molecular weight excluding hydrogens is 246 g/mol. The summed E-state index contributed by atoms with van der Waals surface area (Å²) in [6.45, 7) is 3.37. The summed E-state index contributed by atoms with van der Waals surface area (Å²) in [6.07, 6.45) is 5.07. The third kappa shape index (κ3) is 3.71. The minimum absolute atomic E-state index is 0.0160. The molecule has 6 nitrogen and oxygen atoms in total. The quantitative estimate of drug-likeness (QED) is 0.803. The SMILES string of the molecule is CCOCC(=O)N1C[C@@H](Cc2cnccn2)[C@H](O)C1. The van der Waals surface area contributed by atoms with E-state index in [1.54, 1.807) is 23.5 Å². The van der Waals surface area contributed by atoms with Gasteiger partial charge in [0.25, 0.3) is 0 Å². The van der Waals surface area contributed by atoms with Gasteiger partial charge in [0.2, 0.25) is 5.91 Å². The third-order valence-electron chi connectivity index (χ3n) is 3.28. The number of likely N-dealkylation sites (tertiary alicyclic amines) is 1. The summed E-state index contributed by atoms with van der Waals surface area (Å²) in [7, 11) is 0. The van der Waals surface area contributed by atoms with E-state index < -0.39 is 6.10 Å². The van der Waals surface area contributed by atoms with Crippen LogP contribution < -0.4 is 0 Å². The van der Waals surface area contributed by atoms with E-state index in [4.69, 9.17) is 4.74 Å². The van der Waals surface area contributed by atoms with Gasteiger partial charge in [0.1, 0.15) is 6.61 Å². The van der Waals surface area contributed by atoms with Crippen LogP contribution in [0.15, 0.2) is 18.6 Å². The number of carbonyl (C=O) groups excluding carboxylic acids is 1. The lowest BCUT2D eigenvalue weighted by Gasteiger charge is -2.15. The molecule has 2 atom stereocenters. The van der Waals surface area contributed by atoms with Crippen molar-refractivity contribution in [3.05, 3.63) is 24.3 Å². The summed E-state index contributed by atoms with van der Waals surface area (Å²) < 4.78 is 5.10. The second-order valence-electron chi connectivity index (χ2n) is 4.66. The zero-order valence-electron chi connectivity index (χ0n) is 11.0. The van der Waals surface area contributed by atoms with Gasteiger partial charge < -0.3 is 14.7 Å². The molecule has 0 aliphatic carbocycles. The molecule has 0 unspecified atom stereocenters. The van der Waals surface area contributed by atoms with Crippen LogP contribution in [0.25, 0.3) is 0 Å². The molecule has 0 aromatic carbocycles.